The molecule has 2 amide bonds. The van der Waals surface area contributed by atoms with Gasteiger partial charge in [-0.2, -0.15) is 0 Å². The molecule has 0 saturated carbocycles. The van der Waals surface area contributed by atoms with Crippen LogP contribution >= 0.6 is 0 Å². The number of amides is 2. The van der Waals surface area contributed by atoms with E-state index in [-0.39, 0.29) is 17.9 Å². The number of hydrogen-bond acceptors (Lipinski definition) is 5. The van der Waals surface area contributed by atoms with Crippen molar-refractivity contribution < 1.29 is 23.9 Å². The van der Waals surface area contributed by atoms with Gasteiger partial charge in [-0.1, -0.05) is 51.1 Å². The third kappa shape index (κ3) is 7.48. The van der Waals surface area contributed by atoms with Crippen LogP contribution in [0.4, 0.5) is 5.69 Å². The second kappa shape index (κ2) is 11.1. The predicted molar refractivity (Wildman–Crippen MR) is 130 cm³/mol. The number of anilines is 1. The highest BCUT2D eigenvalue weighted by Gasteiger charge is 2.15. The van der Waals surface area contributed by atoms with Crippen molar-refractivity contribution >= 4 is 23.5 Å². The molecule has 0 aromatic heterocycles. The Balaban J connectivity index is 1.39. The van der Waals surface area contributed by atoms with E-state index in [1.807, 2.05) is 42.5 Å². The summed E-state index contributed by atoms with van der Waals surface area (Å²) in [7, 11) is 0. The molecule has 3 aromatic carbocycles. The number of carbonyl (C=O) groups excluding carboxylic acids is 3. The number of esters is 1. The maximum Gasteiger partial charge on any atom is 0.325 e. The predicted octanol–water partition coefficient (Wildman–Crippen LogP) is 4.69. The van der Waals surface area contributed by atoms with Crippen molar-refractivity contribution in [3.63, 3.8) is 0 Å². The number of para-hydroxylation sites is 1. The lowest BCUT2D eigenvalue weighted by atomic mass is 9.87. The molecule has 34 heavy (non-hydrogen) atoms. The second-order valence-electron chi connectivity index (χ2n) is 8.66. The van der Waals surface area contributed by atoms with Crippen LogP contribution in [-0.4, -0.2) is 30.9 Å². The maximum atomic E-state index is 12.2. The van der Waals surface area contributed by atoms with Gasteiger partial charge in [-0.3, -0.25) is 14.4 Å². The fourth-order valence-corrected chi connectivity index (χ4v) is 3.00. The Hall–Kier alpha value is -4.13. The first-order valence-corrected chi connectivity index (χ1v) is 10.9. The molecular formula is C27H28N2O5. The molecule has 0 radical (unpaired) electrons. The van der Waals surface area contributed by atoms with Gasteiger partial charge in [0.2, 0.25) is 0 Å². The first kappa shape index (κ1) is 24.5. The average molecular weight is 461 g/mol. The third-order valence-corrected chi connectivity index (χ3v) is 4.89. The largest absolute Gasteiger partial charge is 0.457 e. The molecule has 3 aromatic rings. The van der Waals surface area contributed by atoms with Crippen molar-refractivity contribution in [2.75, 3.05) is 18.5 Å². The van der Waals surface area contributed by atoms with Gasteiger partial charge < -0.3 is 20.1 Å². The highest BCUT2D eigenvalue weighted by Crippen LogP contribution is 2.23. The second-order valence-corrected chi connectivity index (χ2v) is 8.66. The van der Waals surface area contributed by atoms with Gasteiger partial charge in [0, 0.05) is 11.3 Å². The van der Waals surface area contributed by atoms with Gasteiger partial charge in [0.15, 0.2) is 6.61 Å². The summed E-state index contributed by atoms with van der Waals surface area (Å²) in [5.74, 6) is -0.255. The van der Waals surface area contributed by atoms with E-state index in [1.54, 1.807) is 36.4 Å². The summed E-state index contributed by atoms with van der Waals surface area (Å²) < 4.78 is 10.6. The number of hydrogen-bond donors (Lipinski definition) is 2. The van der Waals surface area contributed by atoms with Gasteiger partial charge in [-0.15, -0.1) is 0 Å². The molecule has 3 rings (SSSR count). The van der Waals surface area contributed by atoms with Gasteiger partial charge in [-0.05, 0) is 59.5 Å². The van der Waals surface area contributed by atoms with Crippen LogP contribution in [-0.2, 0) is 19.7 Å². The SMILES string of the molecule is CC(C)(C)c1ccc(C(=O)NCC(=O)OCC(=O)Nc2ccc(Oc3ccccc3)cc2)cc1. The summed E-state index contributed by atoms with van der Waals surface area (Å²) >= 11 is 0. The Bertz CT molecular complexity index is 1120. The van der Waals surface area contributed by atoms with Gasteiger partial charge in [0.25, 0.3) is 11.8 Å². The van der Waals surface area contributed by atoms with E-state index < -0.39 is 18.5 Å². The summed E-state index contributed by atoms with van der Waals surface area (Å²) in [6.45, 7) is 5.47. The highest BCUT2D eigenvalue weighted by atomic mass is 16.5. The van der Waals surface area contributed by atoms with Crippen molar-refractivity contribution in [1.82, 2.24) is 5.32 Å². The van der Waals surface area contributed by atoms with E-state index in [9.17, 15) is 14.4 Å². The summed E-state index contributed by atoms with van der Waals surface area (Å²) in [6, 6.07) is 23.3. The van der Waals surface area contributed by atoms with Crippen LogP contribution in [0, 0.1) is 0 Å². The van der Waals surface area contributed by atoms with E-state index >= 15 is 0 Å². The van der Waals surface area contributed by atoms with Gasteiger partial charge in [0.1, 0.15) is 18.0 Å². The highest BCUT2D eigenvalue weighted by molar-refractivity contribution is 5.96. The third-order valence-electron chi connectivity index (χ3n) is 4.89. The zero-order valence-corrected chi connectivity index (χ0v) is 19.5. The lowest BCUT2D eigenvalue weighted by Gasteiger charge is -2.19. The van der Waals surface area contributed by atoms with Crippen molar-refractivity contribution in [2.24, 2.45) is 0 Å². The Morgan fingerprint density at radius 1 is 0.794 bits per heavy atom. The minimum atomic E-state index is -0.707. The first-order valence-electron chi connectivity index (χ1n) is 10.9. The van der Waals surface area contributed by atoms with E-state index in [2.05, 4.69) is 31.4 Å². The van der Waals surface area contributed by atoms with Crippen LogP contribution in [0.25, 0.3) is 0 Å². The van der Waals surface area contributed by atoms with Gasteiger partial charge in [-0.25, -0.2) is 0 Å². The molecule has 0 saturated heterocycles. The zero-order valence-electron chi connectivity index (χ0n) is 19.5. The zero-order chi connectivity index (χ0) is 24.6. The molecule has 0 fully saturated rings. The average Bonchev–Trinajstić information content (AvgIpc) is 2.82. The number of ether oxygens (including phenoxy) is 2. The fourth-order valence-electron chi connectivity index (χ4n) is 3.00. The quantitative estimate of drug-likeness (QED) is 0.476. The number of rotatable bonds is 8. The van der Waals surface area contributed by atoms with Crippen LogP contribution in [0.2, 0.25) is 0 Å². The van der Waals surface area contributed by atoms with E-state index in [1.165, 1.54) is 0 Å². The van der Waals surface area contributed by atoms with Crippen LogP contribution < -0.4 is 15.4 Å². The Morgan fingerprint density at radius 3 is 2.03 bits per heavy atom. The van der Waals surface area contributed by atoms with Crippen LogP contribution in [0.5, 0.6) is 11.5 Å². The molecule has 2 N–H and O–H groups in total. The number of benzene rings is 3. The van der Waals surface area contributed by atoms with E-state index in [0.717, 1.165) is 5.56 Å². The molecule has 7 nitrogen and oxygen atoms in total. The Labute approximate surface area is 199 Å². The molecule has 0 aliphatic heterocycles. The molecule has 0 heterocycles. The minimum Gasteiger partial charge on any atom is -0.457 e. The first-order chi connectivity index (χ1) is 16.2. The summed E-state index contributed by atoms with van der Waals surface area (Å²) in [5.41, 5.74) is 2.07. The van der Waals surface area contributed by atoms with Crippen molar-refractivity contribution in [1.29, 1.82) is 0 Å². The normalized spacial score (nSPS) is 10.8. The minimum absolute atomic E-state index is 0.0165. The number of carbonyl (C=O) groups is 3. The Kier molecular flexibility index (Phi) is 8.03. The van der Waals surface area contributed by atoms with Crippen molar-refractivity contribution in [2.45, 2.75) is 26.2 Å². The molecule has 0 atom stereocenters. The molecule has 0 unspecified atom stereocenters. The smallest absolute Gasteiger partial charge is 0.325 e. The monoisotopic (exact) mass is 460 g/mol. The van der Waals surface area contributed by atoms with Crippen molar-refractivity contribution in [3.05, 3.63) is 90.0 Å². The summed E-state index contributed by atoms with van der Waals surface area (Å²) in [5, 5.41) is 5.13. The fraction of sp³-hybridized carbons (Fsp3) is 0.222. The molecule has 7 heteroatoms. The molecule has 0 aliphatic carbocycles. The summed E-state index contributed by atoms with van der Waals surface area (Å²) in [4.78, 5) is 36.2. The Morgan fingerprint density at radius 2 is 1.41 bits per heavy atom. The topological polar surface area (TPSA) is 93.7 Å². The lowest BCUT2D eigenvalue weighted by Crippen LogP contribution is -2.32. The molecule has 0 spiro atoms. The van der Waals surface area contributed by atoms with Gasteiger partial charge >= 0.3 is 5.97 Å². The van der Waals surface area contributed by atoms with Crippen LogP contribution in [0.15, 0.2) is 78.9 Å². The molecular weight excluding hydrogens is 432 g/mol. The van der Waals surface area contributed by atoms with E-state index in [0.29, 0.717) is 22.7 Å². The number of nitrogens with one attached hydrogen (secondary N) is 2. The van der Waals surface area contributed by atoms with Crippen LogP contribution in [0.3, 0.4) is 0 Å². The summed E-state index contributed by atoms with van der Waals surface area (Å²) in [6.07, 6.45) is 0. The van der Waals surface area contributed by atoms with Gasteiger partial charge in [0.05, 0.1) is 0 Å². The van der Waals surface area contributed by atoms with E-state index in [4.69, 9.17) is 9.47 Å². The standard InChI is InChI=1S/C27H28N2O5/c1-27(2,3)20-11-9-19(10-12-20)26(32)28-17-25(31)33-18-24(30)29-21-13-15-23(16-14-21)34-22-7-5-4-6-8-22/h4-16H,17-18H2,1-3H3,(H,28,32)(H,29,30). The van der Waals surface area contributed by atoms with Crippen molar-refractivity contribution in [3.8, 4) is 11.5 Å². The molecule has 0 aliphatic rings. The maximum absolute atomic E-state index is 12.2. The molecule has 176 valence electrons. The lowest BCUT2D eigenvalue weighted by molar-refractivity contribution is -0.146. The van der Waals surface area contributed by atoms with Crippen LogP contribution in [0.1, 0.15) is 36.7 Å². The molecule has 0 bridgehead atoms.